The van der Waals surface area contributed by atoms with Crippen LogP contribution >= 0.6 is 0 Å². The van der Waals surface area contributed by atoms with Gasteiger partial charge in [-0.15, -0.1) is 0 Å². The lowest BCUT2D eigenvalue weighted by Gasteiger charge is -2.38. The van der Waals surface area contributed by atoms with Gasteiger partial charge in [0.15, 0.2) is 0 Å². The first-order chi connectivity index (χ1) is 8.75. The third-order valence-electron chi connectivity index (χ3n) is 4.27. The highest BCUT2D eigenvalue weighted by molar-refractivity contribution is 5.66. The Hall–Kier alpha value is -0.610. The van der Waals surface area contributed by atoms with Crippen LogP contribution in [-0.4, -0.2) is 48.3 Å². The molecule has 104 valence electrons. The van der Waals surface area contributed by atoms with Crippen LogP contribution in [0, 0.1) is 5.92 Å². The molecule has 0 aliphatic carbocycles. The van der Waals surface area contributed by atoms with E-state index in [0.29, 0.717) is 12.5 Å². The number of aliphatic carboxylic acids is 1. The van der Waals surface area contributed by atoms with Crippen molar-refractivity contribution in [1.29, 1.82) is 0 Å². The topological polar surface area (TPSA) is 49.8 Å². The van der Waals surface area contributed by atoms with Crippen molar-refractivity contribution < 1.29 is 14.6 Å². The van der Waals surface area contributed by atoms with Crippen molar-refractivity contribution in [3.05, 3.63) is 0 Å². The maximum atomic E-state index is 10.7. The first-order valence-corrected chi connectivity index (χ1v) is 7.29. The first-order valence-electron chi connectivity index (χ1n) is 7.29. The number of rotatable bonds is 5. The highest BCUT2D eigenvalue weighted by atomic mass is 16.5. The second-order valence-electron chi connectivity index (χ2n) is 5.63. The van der Waals surface area contributed by atoms with E-state index in [1.165, 1.54) is 32.1 Å². The summed E-state index contributed by atoms with van der Waals surface area (Å²) < 4.78 is 5.40. The summed E-state index contributed by atoms with van der Waals surface area (Å²) in [6.45, 7) is 4.10. The largest absolute Gasteiger partial charge is 0.481 e. The zero-order valence-electron chi connectivity index (χ0n) is 11.1. The quantitative estimate of drug-likeness (QED) is 0.817. The van der Waals surface area contributed by atoms with Gasteiger partial charge in [-0.1, -0.05) is 6.42 Å². The zero-order valence-corrected chi connectivity index (χ0v) is 11.1. The van der Waals surface area contributed by atoms with Gasteiger partial charge in [-0.2, -0.15) is 0 Å². The van der Waals surface area contributed by atoms with Gasteiger partial charge in [-0.05, 0) is 44.6 Å². The molecule has 0 aromatic carbocycles. The highest BCUT2D eigenvalue weighted by Gasteiger charge is 2.26. The van der Waals surface area contributed by atoms with Gasteiger partial charge in [0.05, 0.1) is 0 Å². The van der Waals surface area contributed by atoms with Crippen LogP contribution in [0.15, 0.2) is 0 Å². The Balaban J connectivity index is 1.80. The number of likely N-dealkylation sites (tertiary alicyclic amines) is 1. The average Bonchev–Trinajstić information content (AvgIpc) is 2.39. The second-order valence-corrected chi connectivity index (χ2v) is 5.63. The second kappa shape index (κ2) is 7.10. The summed E-state index contributed by atoms with van der Waals surface area (Å²) in [5.41, 5.74) is 0. The van der Waals surface area contributed by atoms with E-state index in [1.54, 1.807) is 0 Å². The number of carboxylic acids is 1. The monoisotopic (exact) mass is 255 g/mol. The summed E-state index contributed by atoms with van der Waals surface area (Å²) in [4.78, 5) is 13.2. The average molecular weight is 255 g/mol. The minimum atomic E-state index is -0.661. The maximum absolute atomic E-state index is 10.7. The summed E-state index contributed by atoms with van der Waals surface area (Å²) in [6, 6.07) is 0.498. The molecule has 0 amide bonds. The fourth-order valence-corrected chi connectivity index (χ4v) is 3.18. The van der Waals surface area contributed by atoms with Crippen LogP contribution in [0.3, 0.4) is 0 Å². The van der Waals surface area contributed by atoms with Crippen LogP contribution in [0.4, 0.5) is 0 Å². The normalized spacial score (nSPS) is 27.2. The van der Waals surface area contributed by atoms with Gasteiger partial charge in [0.25, 0.3) is 0 Å². The Morgan fingerprint density at radius 3 is 2.72 bits per heavy atom. The number of piperidine rings is 1. The van der Waals surface area contributed by atoms with Crippen molar-refractivity contribution in [2.45, 2.75) is 51.0 Å². The van der Waals surface area contributed by atoms with Crippen LogP contribution in [0.25, 0.3) is 0 Å². The van der Waals surface area contributed by atoms with Crippen molar-refractivity contribution in [1.82, 2.24) is 4.90 Å². The Morgan fingerprint density at radius 1 is 1.22 bits per heavy atom. The molecule has 2 aliphatic rings. The van der Waals surface area contributed by atoms with Crippen molar-refractivity contribution >= 4 is 5.97 Å². The van der Waals surface area contributed by atoms with Crippen LogP contribution in [0.1, 0.15) is 44.9 Å². The number of hydrogen-bond donors (Lipinski definition) is 1. The molecule has 2 heterocycles. The lowest BCUT2D eigenvalue weighted by molar-refractivity contribution is -0.137. The molecular weight excluding hydrogens is 230 g/mol. The fraction of sp³-hybridized carbons (Fsp3) is 0.929. The fourth-order valence-electron chi connectivity index (χ4n) is 3.18. The van der Waals surface area contributed by atoms with Gasteiger partial charge in [0.1, 0.15) is 0 Å². The molecule has 4 nitrogen and oxygen atoms in total. The van der Waals surface area contributed by atoms with Crippen LogP contribution < -0.4 is 0 Å². The molecule has 4 heteroatoms. The minimum absolute atomic E-state index is 0.314. The molecule has 0 saturated carbocycles. The van der Waals surface area contributed by atoms with Crippen LogP contribution in [0.5, 0.6) is 0 Å². The predicted octanol–water partition coefficient (Wildman–Crippen LogP) is 2.13. The van der Waals surface area contributed by atoms with E-state index in [1.807, 2.05) is 0 Å². The number of carbonyl (C=O) groups is 1. The molecule has 2 aliphatic heterocycles. The number of carboxylic acid groups (broad SMARTS) is 1. The molecule has 1 unspecified atom stereocenters. The summed E-state index contributed by atoms with van der Waals surface area (Å²) >= 11 is 0. The smallest absolute Gasteiger partial charge is 0.303 e. The number of nitrogens with zero attached hydrogens (tertiary/aromatic N) is 1. The van der Waals surface area contributed by atoms with Gasteiger partial charge >= 0.3 is 5.97 Å². The van der Waals surface area contributed by atoms with Crippen LogP contribution in [0.2, 0.25) is 0 Å². The van der Waals surface area contributed by atoms with Crippen molar-refractivity contribution in [3.63, 3.8) is 0 Å². The van der Waals surface area contributed by atoms with Gasteiger partial charge < -0.3 is 14.7 Å². The molecule has 0 aromatic heterocycles. The maximum Gasteiger partial charge on any atom is 0.303 e. The molecular formula is C14H25NO3. The van der Waals surface area contributed by atoms with Crippen molar-refractivity contribution in [3.8, 4) is 0 Å². The number of ether oxygens (including phenoxy) is 1. The molecule has 0 radical (unpaired) electrons. The van der Waals surface area contributed by atoms with E-state index in [-0.39, 0.29) is 0 Å². The summed E-state index contributed by atoms with van der Waals surface area (Å²) in [5, 5.41) is 8.82. The third kappa shape index (κ3) is 4.25. The first kappa shape index (κ1) is 13.8. The SMILES string of the molecule is O=C(O)CCC1CCCCN1CC1CCOCC1. The summed E-state index contributed by atoms with van der Waals surface area (Å²) in [7, 11) is 0. The van der Waals surface area contributed by atoms with E-state index in [9.17, 15) is 4.79 Å². The Kier molecular flexibility index (Phi) is 5.45. The van der Waals surface area contributed by atoms with Crippen molar-refractivity contribution in [2.75, 3.05) is 26.3 Å². The molecule has 1 N–H and O–H groups in total. The van der Waals surface area contributed by atoms with E-state index in [2.05, 4.69) is 4.90 Å². The zero-order chi connectivity index (χ0) is 12.8. The van der Waals surface area contributed by atoms with E-state index >= 15 is 0 Å². The predicted molar refractivity (Wildman–Crippen MR) is 69.6 cm³/mol. The van der Waals surface area contributed by atoms with Gasteiger partial charge in [-0.3, -0.25) is 4.79 Å². The molecule has 0 bridgehead atoms. The lowest BCUT2D eigenvalue weighted by atomic mass is 9.93. The minimum Gasteiger partial charge on any atom is -0.481 e. The molecule has 0 spiro atoms. The third-order valence-corrected chi connectivity index (χ3v) is 4.27. The van der Waals surface area contributed by atoms with Gasteiger partial charge in [0, 0.05) is 32.2 Å². The Labute approximate surface area is 109 Å². The Bertz CT molecular complexity index is 264. The lowest BCUT2D eigenvalue weighted by Crippen LogP contribution is -2.43. The van der Waals surface area contributed by atoms with Gasteiger partial charge in [0.2, 0.25) is 0 Å². The van der Waals surface area contributed by atoms with Gasteiger partial charge in [-0.25, -0.2) is 0 Å². The number of hydrogen-bond acceptors (Lipinski definition) is 3. The molecule has 2 saturated heterocycles. The molecule has 1 atom stereocenters. The summed E-state index contributed by atoms with van der Waals surface area (Å²) in [5.74, 6) is 0.0933. The highest BCUT2D eigenvalue weighted by Crippen LogP contribution is 2.24. The summed E-state index contributed by atoms with van der Waals surface area (Å²) in [6.07, 6.45) is 7.18. The standard InChI is InChI=1S/C14H25NO3/c16-14(17)5-4-13-3-1-2-8-15(13)11-12-6-9-18-10-7-12/h12-13H,1-11H2,(H,16,17). The Morgan fingerprint density at radius 2 is 2.00 bits per heavy atom. The molecule has 2 rings (SSSR count). The molecule has 18 heavy (non-hydrogen) atoms. The molecule has 0 aromatic rings. The van der Waals surface area contributed by atoms with E-state index in [0.717, 1.165) is 38.6 Å². The molecule has 2 fully saturated rings. The van der Waals surface area contributed by atoms with Crippen LogP contribution in [-0.2, 0) is 9.53 Å². The van der Waals surface area contributed by atoms with E-state index < -0.39 is 5.97 Å². The van der Waals surface area contributed by atoms with Crippen molar-refractivity contribution in [2.24, 2.45) is 5.92 Å². The van der Waals surface area contributed by atoms with E-state index in [4.69, 9.17) is 9.84 Å².